The van der Waals surface area contributed by atoms with Crippen molar-refractivity contribution in [2.24, 2.45) is 0 Å². The third-order valence-corrected chi connectivity index (χ3v) is 5.22. The lowest BCUT2D eigenvalue weighted by Gasteiger charge is -2.33. The lowest BCUT2D eigenvalue weighted by atomic mass is 9.96. The third kappa shape index (κ3) is 3.02. The van der Waals surface area contributed by atoms with Crippen LogP contribution in [0.1, 0.15) is 24.5 Å². The highest BCUT2D eigenvalue weighted by Gasteiger charge is 2.31. The van der Waals surface area contributed by atoms with Gasteiger partial charge in [0.2, 0.25) is 0 Å². The van der Waals surface area contributed by atoms with Gasteiger partial charge in [-0.3, -0.25) is 0 Å². The largest absolute Gasteiger partial charge is 0.345 e. The summed E-state index contributed by atoms with van der Waals surface area (Å²) in [5, 5.41) is 0. The molecule has 19 heavy (non-hydrogen) atoms. The normalized spacial score (nSPS) is 21.7. The van der Waals surface area contributed by atoms with Crippen LogP contribution in [0, 0.1) is 0 Å². The van der Waals surface area contributed by atoms with Crippen molar-refractivity contribution in [3.05, 3.63) is 28.4 Å². The molecule has 0 aliphatic carbocycles. The number of H-pyrrole nitrogens is 1. The van der Waals surface area contributed by atoms with Crippen LogP contribution in [0.2, 0.25) is 0 Å². The van der Waals surface area contributed by atoms with Gasteiger partial charge < -0.3 is 4.98 Å². The average molecular weight is 286 g/mol. The fraction of sp³-hybridized carbons (Fsp3) is 0.636. The number of rotatable bonds is 3. The lowest BCUT2D eigenvalue weighted by molar-refractivity contribution is 0.296. The second-order valence-corrected chi connectivity index (χ2v) is 6.96. The molecule has 0 spiro atoms. The van der Waals surface area contributed by atoms with Gasteiger partial charge in [-0.05, 0) is 18.9 Å². The van der Waals surface area contributed by atoms with E-state index in [1.165, 1.54) is 28.9 Å². The lowest BCUT2D eigenvalue weighted by Crippen LogP contribution is -2.45. The van der Waals surface area contributed by atoms with E-state index in [-0.39, 0.29) is 5.92 Å². The van der Waals surface area contributed by atoms with Crippen LogP contribution >= 0.6 is 0 Å². The first-order chi connectivity index (χ1) is 8.91. The van der Waals surface area contributed by atoms with Gasteiger partial charge in [0.05, 0.1) is 0 Å². The molecule has 1 atom stereocenters. The Hall–Kier alpha value is -1.25. The van der Waals surface area contributed by atoms with Crippen molar-refractivity contribution < 1.29 is 8.42 Å². The number of aromatic amines is 1. The maximum absolute atomic E-state index is 12.1. The molecular weight excluding hydrogens is 268 g/mol. The molecule has 1 aromatic rings. The molecule has 0 radical (unpaired) electrons. The van der Waals surface area contributed by atoms with E-state index in [1.807, 2.05) is 0 Å². The van der Waals surface area contributed by atoms with Crippen LogP contribution in [-0.4, -0.2) is 54.2 Å². The van der Waals surface area contributed by atoms with Crippen LogP contribution in [0.4, 0.5) is 0 Å². The van der Waals surface area contributed by atoms with Gasteiger partial charge in [-0.1, -0.05) is 0 Å². The Bertz CT molecular complexity index is 596. The SMILES string of the molecule is CN(C)S(=O)(=O)N1CCC[C@H](c2ccnc(=O)[nH]2)C1. The molecule has 1 fully saturated rings. The van der Waals surface area contributed by atoms with E-state index in [9.17, 15) is 13.2 Å². The topological polar surface area (TPSA) is 86.4 Å². The van der Waals surface area contributed by atoms with Gasteiger partial charge in [-0.25, -0.2) is 9.78 Å². The summed E-state index contributed by atoms with van der Waals surface area (Å²) in [6.07, 6.45) is 3.09. The van der Waals surface area contributed by atoms with Gasteiger partial charge >= 0.3 is 5.69 Å². The van der Waals surface area contributed by atoms with Crippen molar-refractivity contribution in [3.63, 3.8) is 0 Å². The number of nitrogens with one attached hydrogen (secondary N) is 1. The Kier molecular flexibility index (Phi) is 4.02. The third-order valence-electron chi connectivity index (χ3n) is 3.31. The van der Waals surface area contributed by atoms with Gasteiger partial charge in [0.15, 0.2) is 0 Å². The van der Waals surface area contributed by atoms with Crippen molar-refractivity contribution in [2.75, 3.05) is 27.2 Å². The van der Waals surface area contributed by atoms with Crippen LogP contribution in [-0.2, 0) is 10.2 Å². The highest BCUT2D eigenvalue weighted by Crippen LogP contribution is 2.26. The van der Waals surface area contributed by atoms with Crippen molar-refractivity contribution in [3.8, 4) is 0 Å². The molecular formula is C11H18N4O3S. The summed E-state index contributed by atoms with van der Waals surface area (Å²) < 4.78 is 26.9. The summed E-state index contributed by atoms with van der Waals surface area (Å²) in [5.41, 5.74) is 0.351. The second kappa shape index (κ2) is 5.40. The Morgan fingerprint density at radius 1 is 1.47 bits per heavy atom. The Balaban J connectivity index is 2.21. The zero-order chi connectivity index (χ0) is 14.0. The Labute approximate surface area is 112 Å². The molecule has 7 nitrogen and oxygen atoms in total. The number of aromatic nitrogens is 2. The summed E-state index contributed by atoms with van der Waals surface area (Å²) in [6, 6.07) is 1.73. The maximum Gasteiger partial charge on any atom is 0.345 e. The maximum atomic E-state index is 12.1. The first kappa shape index (κ1) is 14.2. The van der Waals surface area contributed by atoms with Gasteiger partial charge in [0, 0.05) is 45.0 Å². The van der Waals surface area contributed by atoms with E-state index in [4.69, 9.17) is 0 Å². The van der Waals surface area contributed by atoms with Gasteiger partial charge in [0.1, 0.15) is 0 Å². The first-order valence-corrected chi connectivity index (χ1v) is 7.54. The molecule has 0 bridgehead atoms. The number of nitrogens with zero attached hydrogens (tertiary/aromatic N) is 3. The van der Waals surface area contributed by atoms with E-state index in [0.29, 0.717) is 13.1 Å². The van der Waals surface area contributed by atoms with E-state index in [0.717, 1.165) is 18.5 Å². The molecule has 1 aromatic heterocycles. The highest BCUT2D eigenvalue weighted by molar-refractivity contribution is 7.86. The minimum absolute atomic E-state index is 0.0131. The Morgan fingerprint density at radius 3 is 2.84 bits per heavy atom. The monoisotopic (exact) mass is 286 g/mol. The number of piperidine rings is 1. The summed E-state index contributed by atoms with van der Waals surface area (Å²) in [6.45, 7) is 0.910. The molecule has 1 aliphatic heterocycles. The van der Waals surface area contributed by atoms with Crippen LogP contribution in [0.3, 0.4) is 0 Å². The van der Waals surface area contributed by atoms with Crippen molar-refractivity contribution >= 4 is 10.2 Å². The predicted molar refractivity (Wildman–Crippen MR) is 71.0 cm³/mol. The van der Waals surface area contributed by atoms with Gasteiger partial charge in [-0.2, -0.15) is 17.0 Å². The smallest absolute Gasteiger partial charge is 0.309 e. The molecule has 0 aromatic carbocycles. The first-order valence-electron chi connectivity index (χ1n) is 6.14. The summed E-state index contributed by atoms with van der Waals surface area (Å²) in [5.74, 6) is 0.0131. The molecule has 2 rings (SSSR count). The van der Waals surface area contributed by atoms with Crippen molar-refractivity contribution in [1.82, 2.24) is 18.6 Å². The van der Waals surface area contributed by atoms with Gasteiger partial charge in [0.25, 0.3) is 10.2 Å². The second-order valence-electron chi connectivity index (χ2n) is 4.82. The van der Waals surface area contributed by atoms with Crippen molar-refractivity contribution in [1.29, 1.82) is 0 Å². The summed E-state index contributed by atoms with van der Waals surface area (Å²) in [4.78, 5) is 17.5. The number of hydrogen-bond acceptors (Lipinski definition) is 4. The van der Waals surface area contributed by atoms with E-state index < -0.39 is 15.9 Å². The predicted octanol–water partition coefficient (Wildman–Crippen LogP) is -0.244. The molecule has 1 saturated heterocycles. The van der Waals surface area contributed by atoms with Crippen LogP contribution in [0.25, 0.3) is 0 Å². The molecule has 106 valence electrons. The fourth-order valence-corrected chi connectivity index (χ4v) is 3.45. The quantitative estimate of drug-likeness (QED) is 0.830. The minimum Gasteiger partial charge on any atom is -0.309 e. The van der Waals surface area contributed by atoms with Gasteiger partial charge in [-0.15, -0.1) is 0 Å². The average Bonchev–Trinajstić information content (AvgIpc) is 2.38. The molecule has 0 unspecified atom stereocenters. The summed E-state index contributed by atoms with van der Waals surface area (Å²) in [7, 11) is -0.350. The minimum atomic E-state index is -3.39. The standard InChI is InChI=1S/C11H18N4O3S/c1-14(2)19(17,18)15-7-3-4-9(8-15)10-5-6-12-11(16)13-10/h5-6,9H,3-4,7-8H2,1-2H3,(H,12,13,16)/t9-/m0/s1. The molecule has 1 aliphatic rings. The number of hydrogen-bond donors (Lipinski definition) is 1. The fourth-order valence-electron chi connectivity index (χ4n) is 2.26. The molecule has 1 N–H and O–H groups in total. The van der Waals surface area contributed by atoms with Crippen LogP contribution < -0.4 is 5.69 Å². The van der Waals surface area contributed by atoms with E-state index in [2.05, 4.69) is 9.97 Å². The van der Waals surface area contributed by atoms with E-state index in [1.54, 1.807) is 6.07 Å². The zero-order valence-corrected chi connectivity index (χ0v) is 11.9. The zero-order valence-electron chi connectivity index (χ0n) is 11.0. The molecule has 0 saturated carbocycles. The molecule has 0 amide bonds. The van der Waals surface area contributed by atoms with Crippen LogP contribution in [0.5, 0.6) is 0 Å². The molecule has 2 heterocycles. The molecule has 8 heteroatoms. The highest BCUT2D eigenvalue weighted by atomic mass is 32.2. The Morgan fingerprint density at radius 2 is 2.21 bits per heavy atom. The van der Waals surface area contributed by atoms with Crippen LogP contribution in [0.15, 0.2) is 17.1 Å². The summed E-state index contributed by atoms with van der Waals surface area (Å²) >= 11 is 0. The van der Waals surface area contributed by atoms with Crippen molar-refractivity contribution in [2.45, 2.75) is 18.8 Å². The van der Waals surface area contributed by atoms with E-state index >= 15 is 0 Å².